The number of carbonyl (C=O) groups is 1. The molecule has 0 radical (unpaired) electrons. The summed E-state index contributed by atoms with van der Waals surface area (Å²) in [6.45, 7) is 8.40. The van der Waals surface area contributed by atoms with Gasteiger partial charge >= 0.3 is 5.97 Å². The quantitative estimate of drug-likeness (QED) is 0.404. The molecule has 1 aliphatic heterocycles. The monoisotopic (exact) mass is 517 g/mol. The van der Waals surface area contributed by atoms with Crippen LogP contribution in [-0.2, 0) is 9.53 Å². The first kappa shape index (κ1) is 26.6. The summed E-state index contributed by atoms with van der Waals surface area (Å²) < 4.78 is 7.73. The molecule has 6 nitrogen and oxygen atoms in total. The van der Waals surface area contributed by atoms with Crippen molar-refractivity contribution in [2.45, 2.75) is 52.5 Å². The fourth-order valence-corrected chi connectivity index (χ4v) is 5.54. The van der Waals surface area contributed by atoms with Gasteiger partial charge in [-0.3, -0.25) is 9.36 Å². The van der Waals surface area contributed by atoms with E-state index >= 15 is 0 Å². The molecule has 0 aliphatic carbocycles. The minimum atomic E-state index is -0.587. The van der Waals surface area contributed by atoms with E-state index < -0.39 is 12.0 Å². The molecule has 0 saturated carbocycles. The summed E-state index contributed by atoms with van der Waals surface area (Å²) in [7, 11) is 3.99. The highest BCUT2D eigenvalue weighted by Gasteiger charge is 2.34. The van der Waals surface area contributed by atoms with Crippen molar-refractivity contribution in [3.8, 4) is 0 Å². The highest BCUT2D eigenvalue weighted by Crippen LogP contribution is 2.33. The van der Waals surface area contributed by atoms with Crippen LogP contribution < -0.4 is 19.8 Å². The number of fused-ring (bicyclic) bond motifs is 1. The average molecular weight is 518 g/mol. The zero-order valence-corrected chi connectivity index (χ0v) is 23.3. The lowest BCUT2D eigenvalue weighted by atomic mass is 9.92. The normalized spacial score (nSPS) is 15.5. The number of esters is 1. The van der Waals surface area contributed by atoms with Crippen molar-refractivity contribution in [1.29, 1.82) is 0 Å². The van der Waals surface area contributed by atoms with Gasteiger partial charge in [0.2, 0.25) is 0 Å². The van der Waals surface area contributed by atoms with Gasteiger partial charge < -0.3 is 9.64 Å². The molecule has 1 atom stereocenters. The first-order valence-corrected chi connectivity index (χ1v) is 13.7. The Kier molecular flexibility index (Phi) is 8.13. The number of hydrogen-bond donors (Lipinski definition) is 0. The third-order valence-corrected chi connectivity index (χ3v) is 7.50. The van der Waals surface area contributed by atoms with Crippen LogP contribution in [0, 0.1) is 0 Å². The number of aromatic nitrogens is 1. The largest absolute Gasteiger partial charge is 0.463 e. The van der Waals surface area contributed by atoms with Crippen molar-refractivity contribution < 1.29 is 9.53 Å². The number of anilines is 1. The van der Waals surface area contributed by atoms with Crippen LogP contribution in [-0.4, -0.2) is 31.2 Å². The Hall–Kier alpha value is -3.45. The fraction of sp³-hybridized carbons (Fsp3) is 0.367. The van der Waals surface area contributed by atoms with Crippen LogP contribution in [0.15, 0.2) is 69.6 Å². The summed E-state index contributed by atoms with van der Waals surface area (Å²) >= 11 is 1.36. The van der Waals surface area contributed by atoms with Crippen LogP contribution in [0.25, 0.3) is 6.08 Å². The van der Waals surface area contributed by atoms with Crippen LogP contribution >= 0.6 is 11.3 Å². The van der Waals surface area contributed by atoms with Crippen LogP contribution in [0.3, 0.4) is 0 Å². The van der Waals surface area contributed by atoms with Gasteiger partial charge in [0, 0.05) is 19.8 Å². The number of allylic oxidation sites excluding steroid dienone is 1. The van der Waals surface area contributed by atoms with Gasteiger partial charge in [0.15, 0.2) is 4.80 Å². The molecule has 0 fully saturated rings. The molecule has 194 valence electrons. The molecule has 1 aliphatic rings. The molecule has 7 heteroatoms. The number of benzene rings is 2. The van der Waals surface area contributed by atoms with E-state index in [4.69, 9.17) is 9.73 Å². The zero-order valence-electron chi connectivity index (χ0n) is 22.4. The van der Waals surface area contributed by atoms with Crippen molar-refractivity contribution in [2.24, 2.45) is 4.99 Å². The van der Waals surface area contributed by atoms with E-state index in [2.05, 4.69) is 32.9 Å². The minimum Gasteiger partial charge on any atom is -0.463 e. The number of ether oxygens (including phenoxy) is 1. The Morgan fingerprint density at radius 3 is 2.35 bits per heavy atom. The van der Waals surface area contributed by atoms with Crippen LogP contribution in [0.1, 0.15) is 69.2 Å². The van der Waals surface area contributed by atoms with Gasteiger partial charge in [-0.25, -0.2) is 9.79 Å². The molecule has 4 rings (SSSR count). The molecule has 37 heavy (non-hydrogen) atoms. The number of thiazole rings is 1. The predicted molar refractivity (Wildman–Crippen MR) is 151 cm³/mol. The summed E-state index contributed by atoms with van der Waals surface area (Å²) in [6.07, 6.45) is 3.36. The first-order valence-electron chi connectivity index (χ1n) is 12.8. The summed E-state index contributed by atoms with van der Waals surface area (Å²) in [5, 5.41) is 0. The lowest BCUT2D eigenvalue weighted by Crippen LogP contribution is -2.40. The molecule has 1 unspecified atom stereocenters. The molecule has 1 aromatic heterocycles. The third kappa shape index (κ3) is 5.47. The van der Waals surface area contributed by atoms with Gasteiger partial charge in [0.25, 0.3) is 5.56 Å². The molecule has 0 saturated heterocycles. The lowest BCUT2D eigenvalue weighted by Gasteiger charge is -2.26. The molecular formula is C30H35N3O3S. The second-order valence-electron chi connectivity index (χ2n) is 9.72. The van der Waals surface area contributed by atoms with E-state index in [9.17, 15) is 9.59 Å². The molecular weight excluding hydrogens is 482 g/mol. The van der Waals surface area contributed by atoms with Crippen molar-refractivity contribution in [3.05, 3.63) is 96.2 Å². The van der Waals surface area contributed by atoms with Gasteiger partial charge in [-0.05, 0) is 54.2 Å². The lowest BCUT2D eigenvalue weighted by molar-refractivity contribution is -0.139. The van der Waals surface area contributed by atoms with Crippen molar-refractivity contribution in [2.75, 3.05) is 25.6 Å². The predicted octanol–water partition coefficient (Wildman–Crippen LogP) is 4.77. The van der Waals surface area contributed by atoms with E-state index in [0.717, 1.165) is 23.2 Å². The molecule has 3 aromatic rings. The Morgan fingerprint density at radius 1 is 1.11 bits per heavy atom. The Balaban J connectivity index is 1.93. The van der Waals surface area contributed by atoms with Gasteiger partial charge in [0.1, 0.15) is 0 Å². The molecule has 2 aromatic carbocycles. The van der Waals surface area contributed by atoms with E-state index in [1.165, 1.54) is 16.9 Å². The highest BCUT2D eigenvalue weighted by atomic mass is 32.1. The van der Waals surface area contributed by atoms with Crippen molar-refractivity contribution in [1.82, 2.24) is 4.57 Å². The maximum Gasteiger partial charge on any atom is 0.338 e. The van der Waals surface area contributed by atoms with Crippen molar-refractivity contribution in [3.63, 3.8) is 0 Å². The molecule has 0 amide bonds. The fourth-order valence-electron chi connectivity index (χ4n) is 4.52. The average Bonchev–Trinajstić information content (AvgIpc) is 3.18. The first-order chi connectivity index (χ1) is 17.7. The summed E-state index contributed by atoms with van der Waals surface area (Å²) in [5.41, 5.74) is 5.10. The van der Waals surface area contributed by atoms with Crippen LogP contribution in [0.2, 0.25) is 0 Å². The van der Waals surface area contributed by atoms with E-state index in [1.54, 1.807) is 11.5 Å². The maximum absolute atomic E-state index is 13.8. The number of hydrogen-bond acceptors (Lipinski definition) is 6. The van der Waals surface area contributed by atoms with E-state index in [1.807, 2.05) is 61.5 Å². The van der Waals surface area contributed by atoms with E-state index in [-0.39, 0.29) is 12.2 Å². The number of rotatable bonds is 8. The Bertz CT molecular complexity index is 1480. The molecule has 0 spiro atoms. The topological polar surface area (TPSA) is 63.9 Å². The van der Waals surface area contributed by atoms with Crippen LogP contribution in [0.5, 0.6) is 0 Å². The maximum atomic E-state index is 13.8. The SMILES string of the molecule is CCCC1=C(C(=O)OCC)C(c2ccc(C(C)C)cc2)n2c(s/c(=C\c3ccc(N(C)C)cc3)c2=O)=N1. The van der Waals surface area contributed by atoms with Gasteiger partial charge in [0.05, 0.1) is 28.5 Å². The Labute approximate surface area is 222 Å². The summed E-state index contributed by atoms with van der Waals surface area (Å²) in [5.74, 6) is -0.0353. The van der Waals surface area contributed by atoms with E-state index in [0.29, 0.717) is 32.9 Å². The number of carbonyl (C=O) groups excluding carboxylic acids is 1. The summed E-state index contributed by atoms with van der Waals surface area (Å²) in [4.78, 5) is 34.6. The molecule has 0 N–H and O–H groups in total. The van der Waals surface area contributed by atoms with Crippen molar-refractivity contribution >= 4 is 29.1 Å². The minimum absolute atomic E-state index is 0.157. The summed E-state index contributed by atoms with van der Waals surface area (Å²) in [6, 6.07) is 15.7. The van der Waals surface area contributed by atoms with Gasteiger partial charge in [-0.2, -0.15) is 0 Å². The second kappa shape index (κ2) is 11.3. The zero-order chi connectivity index (χ0) is 26.7. The van der Waals surface area contributed by atoms with Gasteiger partial charge in [-0.1, -0.05) is 74.9 Å². The Morgan fingerprint density at radius 2 is 1.78 bits per heavy atom. The van der Waals surface area contributed by atoms with Gasteiger partial charge in [-0.15, -0.1) is 0 Å². The molecule has 2 heterocycles. The number of nitrogens with zero attached hydrogens (tertiary/aromatic N) is 3. The van der Waals surface area contributed by atoms with Crippen LogP contribution in [0.4, 0.5) is 5.69 Å². The molecule has 0 bridgehead atoms. The standard InChI is InChI=1S/C30H35N3O3S/c1-7-9-24-26(29(35)36-8-2)27(22-14-12-21(13-15-22)19(3)4)33-28(34)25(37-30(33)31-24)18-20-10-16-23(17-11-20)32(5)6/h10-19,27H,7-9H2,1-6H3/b25-18-. The third-order valence-electron chi connectivity index (χ3n) is 6.52. The smallest absolute Gasteiger partial charge is 0.338 e. The second-order valence-corrected chi connectivity index (χ2v) is 10.7. The highest BCUT2D eigenvalue weighted by molar-refractivity contribution is 7.07.